The van der Waals surface area contributed by atoms with Crippen molar-refractivity contribution in [2.75, 3.05) is 0 Å². The van der Waals surface area contributed by atoms with Crippen LogP contribution in [0.3, 0.4) is 0 Å². The lowest BCUT2D eigenvalue weighted by atomic mass is 10.4. The molecule has 17 heavy (non-hydrogen) atoms. The Hall–Kier alpha value is -2.37. The first-order valence-electron chi connectivity index (χ1n) is 4.25. The maximum atomic E-state index is 9.60. The second-order valence-electron chi connectivity index (χ2n) is 2.51. The Morgan fingerprint density at radius 2 is 1.41 bits per heavy atom. The van der Waals surface area contributed by atoms with Gasteiger partial charge in [0.2, 0.25) is 0 Å². The Bertz CT molecular complexity index is 291. The summed E-state index contributed by atoms with van der Waals surface area (Å²) in [5.41, 5.74) is 0.176. The van der Waals surface area contributed by atoms with Crippen LogP contribution in [0.15, 0.2) is 37.5 Å². The lowest BCUT2D eigenvalue weighted by Gasteiger charge is -1.79. The normalized spacial score (nSPS) is 7.12. The number of hydrogen-bond donors (Lipinski definition) is 3. The van der Waals surface area contributed by atoms with Crippen LogP contribution in [0.2, 0.25) is 0 Å². The molecule has 6 heteroatoms. The third-order valence-electron chi connectivity index (χ3n) is 0.859. The van der Waals surface area contributed by atoms with Gasteiger partial charge in [-0.1, -0.05) is 19.2 Å². The van der Waals surface area contributed by atoms with Gasteiger partial charge in [-0.3, -0.25) is 4.79 Å². The van der Waals surface area contributed by atoms with Crippen LogP contribution in [0.1, 0.15) is 13.3 Å². The zero-order chi connectivity index (χ0) is 14.4. The Morgan fingerprint density at radius 1 is 1.12 bits per heavy atom. The minimum atomic E-state index is -0.981. The van der Waals surface area contributed by atoms with Crippen LogP contribution in [0.4, 0.5) is 0 Å². The quantitative estimate of drug-likeness (QED) is 0.511. The van der Waals surface area contributed by atoms with E-state index in [1.54, 1.807) is 0 Å². The molecular formula is C11H16O6. The maximum Gasteiger partial charge on any atom is 0.330 e. The summed E-state index contributed by atoms with van der Waals surface area (Å²) in [5, 5.41) is 23.3. The van der Waals surface area contributed by atoms with E-state index in [1.165, 1.54) is 13.0 Å². The van der Waals surface area contributed by atoms with Crippen LogP contribution in [0, 0.1) is 0 Å². The van der Waals surface area contributed by atoms with Crippen molar-refractivity contribution < 1.29 is 29.7 Å². The smallest absolute Gasteiger partial charge is 0.330 e. The van der Waals surface area contributed by atoms with E-state index in [1.807, 2.05) is 0 Å². The summed E-state index contributed by atoms with van der Waals surface area (Å²) >= 11 is 0. The van der Waals surface area contributed by atoms with Crippen LogP contribution in [0.5, 0.6) is 0 Å². The Labute approximate surface area is 99.2 Å². The molecule has 0 saturated heterocycles. The fourth-order valence-corrected chi connectivity index (χ4v) is 0.123. The van der Waals surface area contributed by atoms with Crippen molar-refractivity contribution in [2.45, 2.75) is 13.3 Å². The van der Waals surface area contributed by atoms with E-state index in [0.717, 1.165) is 6.08 Å². The second-order valence-corrected chi connectivity index (χ2v) is 2.51. The first-order valence-corrected chi connectivity index (χ1v) is 4.25. The molecule has 0 amide bonds. The van der Waals surface area contributed by atoms with E-state index >= 15 is 0 Å². The highest BCUT2D eigenvalue weighted by Crippen LogP contribution is 1.81. The standard InChI is InChI=1S/2C4H6O2.C3H4O2/c1-3(2)4(5)6;1-2-3-4(5)6;1-2-3(4)5/h1H2,2H3,(H,5,6);2H,1,3H2,(H,5,6);2H,1H2,(H,4,5). The predicted octanol–water partition coefficient (Wildman–Crippen LogP) is 1.55. The van der Waals surface area contributed by atoms with E-state index in [9.17, 15) is 14.4 Å². The van der Waals surface area contributed by atoms with Gasteiger partial charge in [0.15, 0.2) is 0 Å². The minimum Gasteiger partial charge on any atom is -0.481 e. The number of rotatable bonds is 4. The van der Waals surface area contributed by atoms with Gasteiger partial charge in [-0.15, -0.1) is 6.58 Å². The van der Waals surface area contributed by atoms with E-state index in [4.69, 9.17) is 15.3 Å². The van der Waals surface area contributed by atoms with Crippen LogP contribution in [-0.4, -0.2) is 33.2 Å². The molecule has 0 aromatic rings. The summed E-state index contributed by atoms with van der Waals surface area (Å²) < 4.78 is 0. The van der Waals surface area contributed by atoms with Gasteiger partial charge >= 0.3 is 17.9 Å². The van der Waals surface area contributed by atoms with Crippen LogP contribution < -0.4 is 0 Å². The molecule has 0 atom stereocenters. The average Bonchev–Trinajstić information content (AvgIpc) is 2.19. The summed E-state index contributed by atoms with van der Waals surface area (Å²) in [6.45, 7) is 10.8. The first-order chi connectivity index (χ1) is 7.68. The van der Waals surface area contributed by atoms with Crippen molar-refractivity contribution in [2.24, 2.45) is 0 Å². The maximum absolute atomic E-state index is 9.60. The van der Waals surface area contributed by atoms with Gasteiger partial charge in [-0.25, -0.2) is 9.59 Å². The van der Waals surface area contributed by atoms with Gasteiger partial charge in [0.05, 0.1) is 6.42 Å². The largest absolute Gasteiger partial charge is 0.481 e. The van der Waals surface area contributed by atoms with Gasteiger partial charge in [-0.2, -0.15) is 0 Å². The molecule has 0 radical (unpaired) electrons. The zero-order valence-electron chi connectivity index (χ0n) is 9.55. The van der Waals surface area contributed by atoms with Crippen molar-refractivity contribution in [1.29, 1.82) is 0 Å². The van der Waals surface area contributed by atoms with E-state index in [0.29, 0.717) is 0 Å². The van der Waals surface area contributed by atoms with Crippen molar-refractivity contribution >= 4 is 17.9 Å². The van der Waals surface area contributed by atoms with Crippen molar-refractivity contribution in [3.63, 3.8) is 0 Å². The molecule has 0 rings (SSSR count). The fraction of sp³-hybridized carbons (Fsp3) is 0.182. The Balaban J connectivity index is -0.000000174. The monoisotopic (exact) mass is 244 g/mol. The van der Waals surface area contributed by atoms with Crippen LogP contribution >= 0.6 is 0 Å². The molecule has 0 bridgehead atoms. The van der Waals surface area contributed by atoms with E-state index in [-0.39, 0.29) is 12.0 Å². The molecule has 6 nitrogen and oxygen atoms in total. The van der Waals surface area contributed by atoms with E-state index < -0.39 is 17.9 Å². The zero-order valence-corrected chi connectivity index (χ0v) is 9.55. The molecule has 0 spiro atoms. The molecule has 0 heterocycles. The van der Waals surface area contributed by atoms with Crippen LogP contribution in [-0.2, 0) is 14.4 Å². The molecule has 96 valence electrons. The number of carbonyl (C=O) groups is 3. The first kappa shape index (κ1) is 20.1. The lowest BCUT2D eigenvalue weighted by molar-refractivity contribution is -0.136. The minimum absolute atomic E-state index is 0.0556. The molecular weight excluding hydrogens is 228 g/mol. The third-order valence-corrected chi connectivity index (χ3v) is 0.859. The molecule has 0 aromatic heterocycles. The summed E-state index contributed by atoms with van der Waals surface area (Å²) in [7, 11) is 0. The number of aliphatic carboxylic acids is 3. The van der Waals surface area contributed by atoms with Crippen molar-refractivity contribution in [1.82, 2.24) is 0 Å². The predicted molar refractivity (Wildman–Crippen MR) is 62.7 cm³/mol. The summed E-state index contributed by atoms with van der Waals surface area (Å²) in [6.07, 6.45) is 2.24. The van der Waals surface area contributed by atoms with Crippen LogP contribution in [0.25, 0.3) is 0 Å². The molecule has 0 aliphatic rings. The highest BCUT2D eigenvalue weighted by atomic mass is 16.4. The summed E-state index contributed by atoms with van der Waals surface area (Å²) in [4.78, 5) is 28.4. The van der Waals surface area contributed by atoms with E-state index in [2.05, 4.69) is 19.7 Å². The number of carboxylic acid groups (broad SMARTS) is 3. The summed E-state index contributed by atoms with van der Waals surface area (Å²) in [5.74, 6) is -2.75. The van der Waals surface area contributed by atoms with Gasteiger partial charge in [-0.05, 0) is 6.92 Å². The molecule has 0 aromatic carbocycles. The molecule has 0 saturated carbocycles. The van der Waals surface area contributed by atoms with Crippen molar-refractivity contribution in [3.8, 4) is 0 Å². The fourth-order valence-electron chi connectivity index (χ4n) is 0.123. The molecule has 0 aliphatic carbocycles. The topological polar surface area (TPSA) is 112 Å². The average molecular weight is 244 g/mol. The van der Waals surface area contributed by atoms with Gasteiger partial charge in [0, 0.05) is 11.6 Å². The highest BCUT2D eigenvalue weighted by molar-refractivity contribution is 5.84. The molecule has 0 unspecified atom stereocenters. The second kappa shape index (κ2) is 13.6. The third kappa shape index (κ3) is 41.9. The summed E-state index contributed by atoms with van der Waals surface area (Å²) in [6, 6.07) is 0. The van der Waals surface area contributed by atoms with Gasteiger partial charge < -0.3 is 15.3 Å². The molecule has 0 fully saturated rings. The Morgan fingerprint density at radius 3 is 1.41 bits per heavy atom. The highest BCUT2D eigenvalue weighted by Gasteiger charge is 1.90. The SMILES string of the molecule is C=C(C)C(=O)O.C=CC(=O)O.C=CCC(=O)O. The Kier molecular flexibility index (Phi) is 16.1. The number of hydrogen-bond acceptors (Lipinski definition) is 3. The van der Waals surface area contributed by atoms with Crippen molar-refractivity contribution in [3.05, 3.63) is 37.5 Å². The molecule has 0 aliphatic heterocycles. The molecule has 3 N–H and O–H groups in total. The van der Waals surface area contributed by atoms with Gasteiger partial charge in [0.1, 0.15) is 0 Å². The van der Waals surface area contributed by atoms with Gasteiger partial charge in [0.25, 0.3) is 0 Å². The lowest BCUT2D eigenvalue weighted by Crippen LogP contribution is -1.92. The number of carboxylic acids is 3.